The highest BCUT2D eigenvalue weighted by atomic mass is 32.2. The van der Waals surface area contributed by atoms with Crippen molar-refractivity contribution < 1.29 is 4.79 Å². The normalized spacial score (nSPS) is 10.2. The van der Waals surface area contributed by atoms with Gasteiger partial charge in [0, 0.05) is 21.0 Å². The molecule has 2 rings (SSSR count). The average molecular weight is 243 g/mol. The van der Waals surface area contributed by atoms with Gasteiger partial charge < -0.3 is 5.73 Å². The predicted octanol–water partition coefficient (Wildman–Crippen LogP) is 3.62. The minimum atomic E-state index is -0.00115. The molecule has 0 aliphatic rings. The lowest BCUT2D eigenvalue weighted by Gasteiger charge is -2.05. The van der Waals surface area contributed by atoms with Crippen molar-refractivity contribution in [2.75, 3.05) is 5.73 Å². The quantitative estimate of drug-likeness (QED) is 0.661. The Bertz CT molecular complexity index is 537. The van der Waals surface area contributed by atoms with Crippen molar-refractivity contribution >= 4 is 23.2 Å². The first-order chi connectivity index (χ1) is 8.16. The van der Waals surface area contributed by atoms with Gasteiger partial charge in [-0.25, -0.2) is 0 Å². The van der Waals surface area contributed by atoms with Gasteiger partial charge in [-0.05, 0) is 37.3 Å². The lowest BCUT2D eigenvalue weighted by atomic mass is 10.1. The topological polar surface area (TPSA) is 43.1 Å². The van der Waals surface area contributed by atoms with Crippen LogP contribution in [-0.2, 0) is 0 Å². The standard InChI is InChI=1S/C14H13NOS/c1-10(16)13-8-7-12(9-14(13)15)17-11-5-3-2-4-6-11/h2-9H,15H2,1H3. The fourth-order valence-corrected chi connectivity index (χ4v) is 2.44. The van der Waals surface area contributed by atoms with Crippen LogP contribution >= 0.6 is 11.8 Å². The first kappa shape index (κ1) is 11.7. The average Bonchev–Trinajstić information content (AvgIpc) is 2.30. The summed E-state index contributed by atoms with van der Waals surface area (Å²) in [6.07, 6.45) is 0. The summed E-state index contributed by atoms with van der Waals surface area (Å²) in [6, 6.07) is 15.6. The van der Waals surface area contributed by atoms with E-state index < -0.39 is 0 Å². The van der Waals surface area contributed by atoms with E-state index in [4.69, 9.17) is 5.73 Å². The highest BCUT2D eigenvalue weighted by Crippen LogP contribution is 2.29. The smallest absolute Gasteiger partial charge is 0.161 e. The predicted molar refractivity (Wildman–Crippen MR) is 71.4 cm³/mol. The van der Waals surface area contributed by atoms with Crippen LogP contribution in [0.15, 0.2) is 58.3 Å². The zero-order valence-corrected chi connectivity index (χ0v) is 10.3. The van der Waals surface area contributed by atoms with E-state index in [9.17, 15) is 4.79 Å². The van der Waals surface area contributed by atoms with Crippen molar-refractivity contribution in [3.63, 3.8) is 0 Å². The second-order valence-corrected chi connectivity index (χ2v) is 4.87. The summed E-state index contributed by atoms with van der Waals surface area (Å²) in [5.41, 5.74) is 6.97. The van der Waals surface area contributed by atoms with Gasteiger partial charge in [-0.2, -0.15) is 0 Å². The van der Waals surface area contributed by atoms with Gasteiger partial charge in [0.2, 0.25) is 0 Å². The number of carbonyl (C=O) groups is 1. The monoisotopic (exact) mass is 243 g/mol. The minimum absolute atomic E-state index is 0.00115. The second-order valence-electron chi connectivity index (χ2n) is 3.72. The highest BCUT2D eigenvalue weighted by molar-refractivity contribution is 7.99. The number of benzene rings is 2. The Morgan fingerprint density at radius 3 is 2.35 bits per heavy atom. The van der Waals surface area contributed by atoms with Gasteiger partial charge in [0.1, 0.15) is 0 Å². The van der Waals surface area contributed by atoms with E-state index in [1.54, 1.807) is 17.8 Å². The highest BCUT2D eigenvalue weighted by Gasteiger charge is 2.05. The number of nitrogen functional groups attached to an aromatic ring is 1. The number of nitrogens with two attached hydrogens (primary N) is 1. The van der Waals surface area contributed by atoms with Gasteiger partial charge in [-0.3, -0.25) is 4.79 Å². The van der Waals surface area contributed by atoms with Gasteiger partial charge in [0.15, 0.2) is 5.78 Å². The van der Waals surface area contributed by atoms with E-state index in [1.807, 2.05) is 42.5 Å². The van der Waals surface area contributed by atoms with Gasteiger partial charge in [-0.15, -0.1) is 0 Å². The Morgan fingerprint density at radius 1 is 1.06 bits per heavy atom. The molecule has 0 amide bonds. The fraction of sp³-hybridized carbons (Fsp3) is 0.0714. The van der Waals surface area contributed by atoms with E-state index in [1.165, 1.54) is 6.92 Å². The molecule has 2 N–H and O–H groups in total. The van der Waals surface area contributed by atoms with Crippen LogP contribution in [0.2, 0.25) is 0 Å². The van der Waals surface area contributed by atoms with Crippen molar-refractivity contribution in [3.05, 3.63) is 54.1 Å². The van der Waals surface area contributed by atoms with E-state index in [0.29, 0.717) is 11.3 Å². The Hall–Kier alpha value is -1.74. The Labute approximate surface area is 105 Å². The molecule has 86 valence electrons. The maximum atomic E-state index is 11.2. The van der Waals surface area contributed by atoms with Crippen LogP contribution < -0.4 is 5.73 Å². The van der Waals surface area contributed by atoms with Gasteiger partial charge >= 0.3 is 0 Å². The summed E-state index contributed by atoms with van der Waals surface area (Å²) in [6.45, 7) is 1.52. The molecular formula is C14H13NOS. The van der Waals surface area contributed by atoms with E-state index in [0.717, 1.165) is 9.79 Å². The Morgan fingerprint density at radius 2 is 1.76 bits per heavy atom. The van der Waals surface area contributed by atoms with Crippen LogP contribution in [0.5, 0.6) is 0 Å². The summed E-state index contributed by atoms with van der Waals surface area (Å²) >= 11 is 1.63. The third kappa shape index (κ3) is 2.88. The first-order valence-corrected chi connectivity index (χ1v) is 6.12. The molecule has 2 nitrogen and oxygen atoms in total. The molecule has 2 aromatic rings. The molecule has 0 spiro atoms. The van der Waals surface area contributed by atoms with Crippen LogP contribution in [-0.4, -0.2) is 5.78 Å². The van der Waals surface area contributed by atoms with Gasteiger partial charge in [-0.1, -0.05) is 30.0 Å². The third-order valence-corrected chi connectivity index (χ3v) is 3.38. The van der Waals surface area contributed by atoms with Crippen molar-refractivity contribution in [2.45, 2.75) is 16.7 Å². The zero-order chi connectivity index (χ0) is 12.3. The Balaban J connectivity index is 2.24. The first-order valence-electron chi connectivity index (χ1n) is 5.30. The van der Waals surface area contributed by atoms with Crippen molar-refractivity contribution in [1.29, 1.82) is 0 Å². The van der Waals surface area contributed by atoms with Crippen molar-refractivity contribution in [2.24, 2.45) is 0 Å². The summed E-state index contributed by atoms with van der Waals surface area (Å²) in [5.74, 6) is -0.00115. The molecule has 0 atom stereocenters. The number of carbonyl (C=O) groups excluding carboxylic acids is 1. The molecule has 0 aromatic heterocycles. The second kappa shape index (κ2) is 5.06. The van der Waals surface area contributed by atoms with E-state index in [2.05, 4.69) is 0 Å². The molecule has 0 saturated carbocycles. The van der Waals surface area contributed by atoms with Gasteiger partial charge in [0.25, 0.3) is 0 Å². The lowest BCUT2D eigenvalue weighted by molar-refractivity contribution is 0.101. The number of hydrogen-bond acceptors (Lipinski definition) is 3. The molecular weight excluding hydrogens is 230 g/mol. The molecule has 0 aliphatic heterocycles. The number of ketones is 1. The molecule has 0 heterocycles. The Kier molecular flexibility index (Phi) is 3.49. The summed E-state index contributed by atoms with van der Waals surface area (Å²) in [7, 11) is 0. The summed E-state index contributed by atoms with van der Waals surface area (Å²) in [5, 5.41) is 0. The SMILES string of the molecule is CC(=O)c1ccc(Sc2ccccc2)cc1N. The number of Topliss-reactive ketones (excluding diaryl/α,β-unsaturated/α-hetero) is 1. The summed E-state index contributed by atoms with van der Waals surface area (Å²) in [4.78, 5) is 13.4. The van der Waals surface area contributed by atoms with Crippen LogP contribution in [0.25, 0.3) is 0 Å². The fourth-order valence-electron chi connectivity index (χ4n) is 1.55. The van der Waals surface area contributed by atoms with Crippen molar-refractivity contribution in [3.8, 4) is 0 Å². The maximum absolute atomic E-state index is 11.2. The molecule has 0 saturated heterocycles. The largest absolute Gasteiger partial charge is 0.398 e. The van der Waals surface area contributed by atoms with Gasteiger partial charge in [0.05, 0.1) is 0 Å². The number of rotatable bonds is 3. The third-order valence-electron chi connectivity index (χ3n) is 2.38. The number of anilines is 1. The zero-order valence-electron chi connectivity index (χ0n) is 9.51. The molecule has 17 heavy (non-hydrogen) atoms. The molecule has 0 bridgehead atoms. The lowest BCUT2D eigenvalue weighted by Crippen LogP contribution is -1.99. The minimum Gasteiger partial charge on any atom is -0.398 e. The molecule has 2 aromatic carbocycles. The van der Waals surface area contributed by atoms with Crippen LogP contribution in [0.3, 0.4) is 0 Å². The maximum Gasteiger partial charge on any atom is 0.161 e. The number of hydrogen-bond donors (Lipinski definition) is 1. The molecule has 0 radical (unpaired) electrons. The van der Waals surface area contributed by atoms with Crippen LogP contribution in [0.1, 0.15) is 17.3 Å². The van der Waals surface area contributed by atoms with Crippen molar-refractivity contribution in [1.82, 2.24) is 0 Å². The molecule has 0 aliphatic carbocycles. The van der Waals surface area contributed by atoms with Crippen LogP contribution in [0, 0.1) is 0 Å². The summed E-state index contributed by atoms with van der Waals surface area (Å²) < 4.78 is 0. The molecule has 3 heteroatoms. The van der Waals surface area contributed by atoms with Crippen LogP contribution in [0.4, 0.5) is 5.69 Å². The van der Waals surface area contributed by atoms with E-state index >= 15 is 0 Å². The van der Waals surface area contributed by atoms with E-state index in [-0.39, 0.29) is 5.78 Å². The molecule has 0 unspecified atom stereocenters. The molecule has 0 fully saturated rings.